The summed E-state index contributed by atoms with van der Waals surface area (Å²) in [6.45, 7) is 0.426. The lowest BCUT2D eigenvalue weighted by Gasteiger charge is -2.17. The minimum atomic E-state index is -0.273. The van der Waals surface area contributed by atoms with Crippen molar-refractivity contribution in [3.63, 3.8) is 0 Å². The molecule has 2 N–H and O–H groups in total. The van der Waals surface area contributed by atoms with E-state index in [-0.39, 0.29) is 17.4 Å². The van der Waals surface area contributed by atoms with E-state index in [4.69, 9.17) is 17.3 Å². The van der Waals surface area contributed by atoms with E-state index in [1.165, 1.54) is 17.3 Å². The third kappa shape index (κ3) is 3.20. The maximum absolute atomic E-state index is 12.2. The van der Waals surface area contributed by atoms with Gasteiger partial charge in [0.15, 0.2) is 11.5 Å². The van der Waals surface area contributed by atoms with Crippen LogP contribution in [0, 0.1) is 0 Å². The Bertz CT molecular complexity index is 603. The summed E-state index contributed by atoms with van der Waals surface area (Å²) < 4.78 is 0. The highest BCUT2D eigenvalue weighted by molar-refractivity contribution is 6.30. The monoisotopic (exact) mass is 276 g/mol. The van der Waals surface area contributed by atoms with Crippen LogP contribution in [0.2, 0.25) is 5.02 Å². The number of amides is 1. The highest BCUT2D eigenvalue weighted by Crippen LogP contribution is 2.14. The Balaban J connectivity index is 2.14. The Morgan fingerprint density at radius 3 is 2.79 bits per heavy atom. The van der Waals surface area contributed by atoms with E-state index in [0.717, 1.165) is 5.56 Å². The van der Waals surface area contributed by atoms with Gasteiger partial charge >= 0.3 is 0 Å². The van der Waals surface area contributed by atoms with E-state index in [0.29, 0.717) is 11.6 Å². The van der Waals surface area contributed by atoms with Crippen molar-refractivity contribution in [3.8, 4) is 0 Å². The minimum Gasteiger partial charge on any atom is -0.382 e. The van der Waals surface area contributed by atoms with Gasteiger partial charge < -0.3 is 10.6 Å². The van der Waals surface area contributed by atoms with Crippen LogP contribution in [0.4, 0.5) is 5.82 Å². The molecule has 0 fully saturated rings. The molecule has 0 aliphatic heterocycles. The number of benzene rings is 1. The molecule has 0 spiro atoms. The van der Waals surface area contributed by atoms with Gasteiger partial charge in [-0.1, -0.05) is 23.7 Å². The fraction of sp³-hybridized carbons (Fsp3) is 0.154. The largest absolute Gasteiger partial charge is 0.382 e. The minimum absolute atomic E-state index is 0.130. The molecule has 1 aromatic carbocycles. The average Bonchev–Trinajstić information content (AvgIpc) is 2.38. The van der Waals surface area contributed by atoms with Crippen molar-refractivity contribution in [2.45, 2.75) is 6.54 Å². The lowest BCUT2D eigenvalue weighted by atomic mass is 10.2. The molecule has 0 atom stereocenters. The van der Waals surface area contributed by atoms with Crippen molar-refractivity contribution < 1.29 is 4.79 Å². The molecule has 2 aromatic rings. The van der Waals surface area contributed by atoms with Gasteiger partial charge in [0.2, 0.25) is 0 Å². The van der Waals surface area contributed by atoms with E-state index in [9.17, 15) is 4.79 Å². The van der Waals surface area contributed by atoms with Gasteiger partial charge in [0.25, 0.3) is 5.91 Å². The Morgan fingerprint density at radius 1 is 1.37 bits per heavy atom. The van der Waals surface area contributed by atoms with Crippen LogP contribution in [-0.2, 0) is 6.54 Å². The Labute approximate surface area is 116 Å². The second kappa shape index (κ2) is 5.67. The molecule has 19 heavy (non-hydrogen) atoms. The summed E-state index contributed by atoms with van der Waals surface area (Å²) in [6.07, 6.45) is 2.89. The summed E-state index contributed by atoms with van der Waals surface area (Å²) in [7, 11) is 1.68. The molecule has 0 aliphatic carbocycles. The zero-order valence-electron chi connectivity index (χ0n) is 10.4. The molecule has 5 nitrogen and oxygen atoms in total. The van der Waals surface area contributed by atoms with Crippen LogP contribution in [0.1, 0.15) is 16.1 Å². The van der Waals surface area contributed by atoms with Crippen LogP contribution in [0.5, 0.6) is 0 Å². The fourth-order valence-electron chi connectivity index (χ4n) is 1.68. The molecular formula is C13H13ClN4O. The number of hydrogen-bond donors (Lipinski definition) is 1. The maximum Gasteiger partial charge on any atom is 0.276 e. The first-order chi connectivity index (χ1) is 9.08. The number of hydrogen-bond acceptors (Lipinski definition) is 4. The number of anilines is 1. The van der Waals surface area contributed by atoms with Gasteiger partial charge in [0, 0.05) is 31.0 Å². The second-order valence-electron chi connectivity index (χ2n) is 4.08. The Morgan fingerprint density at radius 2 is 2.11 bits per heavy atom. The maximum atomic E-state index is 12.2. The van der Waals surface area contributed by atoms with Crippen molar-refractivity contribution in [1.82, 2.24) is 14.9 Å². The van der Waals surface area contributed by atoms with Crippen LogP contribution in [0.15, 0.2) is 36.7 Å². The molecule has 0 bridgehead atoms. The second-order valence-corrected chi connectivity index (χ2v) is 4.52. The van der Waals surface area contributed by atoms with Crippen molar-refractivity contribution in [3.05, 3.63) is 52.9 Å². The van der Waals surface area contributed by atoms with E-state index in [1.54, 1.807) is 13.1 Å². The standard InChI is InChI=1S/C13H13ClN4O/c1-18(8-9-3-2-4-10(14)7-9)13(19)11-12(15)17-6-5-16-11/h2-7H,8H2,1H3,(H2,15,17). The van der Waals surface area contributed by atoms with Gasteiger partial charge in [-0.05, 0) is 17.7 Å². The first kappa shape index (κ1) is 13.3. The predicted molar refractivity (Wildman–Crippen MR) is 73.7 cm³/mol. The smallest absolute Gasteiger partial charge is 0.276 e. The summed E-state index contributed by atoms with van der Waals surface area (Å²) in [5.41, 5.74) is 6.73. The zero-order chi connectivity index (χ0) is 13.8. The normalized spacial score (nSPS) is 10.2. The van der Waals surface area contributed by atoms with Crippen LogP contribution < -0.4 is 5.73 Å². The first-order valence-corrected chi connectivity index (χ1v) is 6.02. The molecule has 1 aromatic heterocycles. The molecule has 98 valence electrons. The number of halogens is 1. The number of nitrogens with zero attached hydrogens (tertiary/aromatic N) is 3. The molecule has 0 saturated carbocycles. The SMILES string of the molecule is CN(Cc1cccc(Cl)c1)C(=O)c1nccnc1N. The summed E-state index contributed by atoms with van der Waals surface area (Å²) >= 11 is 5.90. The molecule has 0 unspecified atom stereocenters. The van der Waals surface area contributed by atoms with Crippen LogP contribution in [-0.4, -0.2) is 27.8 Å². The third-order valence-electron chi connectivity index (χ3n) is 2.58. The van der Waals surface area contributed by atoms with Crippen LogP contribution in [0.25, 0.3) is 0 Å². The van der Waals surface area contributed by atoms with Crippen LogP contribution in [0.3, 0.4) is 0 Å². The van der Waals surface area contributed by atoms with Crippen molar-refractivity contribution >= 4 is 23.3 Å². The molecule has 1 heterocycles. The molecule has 0 saturated heterocycles. The highest BCUT2D eigenvalue weighted by Gasteiger charge is 2.16. The van der Waals surface area contributed by atoms with E-state index < -0.39 is 0 Å². The third-order valence-corrected chi connectivity index (χ3v) is 2.82. The predicted octanol–water partition coefficient (Wildman–Crippen LogP) is 1.98. The first-order valence-electron chi connectivity index (χ1n) is 5.64. The molecular weight excluding hydrogens is 264 g/mol. The molecule has 0 aliphatic rings. The molecule has 2 rings (SSSR count). The summed E-state index contributed by atoms with van der Waals surface area (Å²) in [4.78, 5) is 21.5. The Hall–Kier alpha value is -2.14. The Kier molecular flexibility index (Phi) is 3.97. The average molecular weight is 277 g/mol. The lowest BCUT2D eigenvalue weighted by Crippen LogP contribution is -2.28. The number of rotatable bonds is 3. The molecule has 6 heteroatoms. The van der Waals surface area contributed by atoms with Gasteiger partial charge in [-0.2, -0.15) is 0 Å². The highest BCUT2D eigenvalue weighted by atomic mass is 35.5. The van der Waals surface area contributed by atoms with Gasteiger partial charge in [-0.25, -0.2) is 9.97 Å². The molecule has 1 amide bonds. The van der Waals surface area contributed by atoms with Crippen LogP contribution >= 0.6 is 11.6 Å². The number of nitrogens with two attached hydrogens (primary N) is 1. The number of aromatic nitrogens is 2. The van der Waals surface area contributed by atoms with Crippen molar-refractivity contribution in [1.29, 1.82) is 0 Å². The van der Waals surface area contributed by atoms with Crippen molar-refractivity contribution in [2.24, 2.45) is 0 Å². The van der Waals surface area contributed by atoms with Gasteiger partial charge in [0.1, 0.15) is 0 Å². The summed E-state index contributed by atoms with van der Waals surface area (Å²) in [6, 6.07) is 7.33. The quantitative estimate of drug-likeness (QED) is 0.930. The number of carbonyl (C=O) groups excluding carboxylic acids is 1. The molecule has 0 radical (unpaired) electrons. The van der Waals surface area contributed by atoms with Gasteiger partial charge in [0.05, 0.1) is 0 Å². The van der Waals surface area contributed by atoms with Crippen molar-refractivity contribution in [2.75, 3.05) is 12.8 Å². The van der Waals surface area contributed by atoms with Gasteiger partial charge in [-0.3, -0.25) is 4.79 Å². The lowest BCUT2D eigenvalue weighted by molar-refractivity contribution is 0.0780. The topological polar surface area (TPSA) is 72.1 Å². The summed E-state index contributed by atoms with van der Waals surface area (Å²) in [5.74, 6) is -0.143. The number of nitrogen functional groups attached to an aromatic ring is 1. The van der Waals surface area contributed by atoms with E-state index >= 15 is 0 Å². The van der Waals surface area contributed by atoms with Gasteiger partial charge in [-0.15, -0.1) is 0 Å². The summed E-state index contributed by atoms with van der Waals surface area (Å²) in [5, 5.41) is 0.636. The fourth-order valence-corrected chi connectivity index (χ4v) is 1.89. The number of carbonyl (C=O) groups is 1. The zero-order valence-corrected chi connectivity index (χ0v) is 11.1. The van der Waals surface area contributed by atoms with E-state index in [2.05, 4.69) is 9.97 Å². The van der Waals surface area contributed by atoms with E-state index in [1.807, 2.05) is 18.2 Å².